The van der Waals surface area contributed by atoms with Crippen molar-refractivity contribution in [2.45, 2.75) is 13.0 Å². The van der Waals surface area contributed by atoms with Gasteiger partial charge in [-0.2, -0.15) is 0 Å². The van der Waals surface area contributed by atoms with Crippen molar-refractivity contribution in [1.82, 2.24) is 0 Å². The van der Waals surface area contributed by atoms with E-state index in [-0.39, 0.29) is 5.82 Å². The molecule has 78 valence electrons. The molecule has 0 fully saturated rings. The SMILES string of the molecule is Cc1ccc(F)cc1C(N)c1ccco1. The highest BCUT2D eigenvalue weighted by molar-refractivity contribution is 5.33. The zero-order valence-corrected chi connectivity index (χ0v) is 8.41. The van der Waals surface area contributed by atoms with E-state index in [0.717, 1.165) is 11.1 Å². The lowest BCUT2D eigenvalue weighted by atomic mass is 10.00. The fraction of sp³-hybridized carbons (Fsp3) is 0.167. The summed E-state index contributed by atoms with van der Waals surface area (Å²) in [7, 11) is 0. The van der Waals surface area contributed by atoms with E-state index in [4.69, 9.17) is 10.2 Å². The Bertz CT molecular complexity index is 451. The summed E-state index contributed by atoms with van der Waals surface area (Å²) in [6.07, 6.45) is 1.56. The zero-order valence-electron chi connectivity index (χ0n) is 8.41. The molecule has 0 aliphatic rings. The van der Waals surface area contributed by atoms with Crippen LogP contribution in [0.5, 0.6) is 0 Å². The second-order valence-electron chi connectivity index (χ2n) is 3.49. The summed E-state index contributed by atoms with van der Waals surface area (Å²) in [5, 5.41) is 0. The molecule has 2 N–H and O–H groups in total. The molecule has 2 aromatic rings. The van der Waals surface area contributed by atoms with Crippen LogP contribution in [0, 0.1) is 12.7 Å². The van der Waals surface area contributed by atoms with Crippen molar-refractivity contribution in [3.05, 3.63) is 59.3 Å². The Balaban J connectivity index is 2.41. The summed E-state index contributed by atoms with van der Waals surface area (Å²) < 4.78 is 18.3. The molecule has 1 atom stereocenters. The highest BCUT2D eigenvalue weighted by Gasteiger charge is 2.14. The van der Waals surface area contributed by atoms with Crippen LogP contribution in [-0.2, 0) is 0 Å². The number of nitrogens with two attached hydrogens (primary N) is 1. The van der Waals surface area contributed by atoms with Gasteiger partial charge in [0.1, 0.15) is 11.6 Å². The molecule has 2 nitrogen and oxygen atoms in total. The van der Waals surface area contributed by atoms with E-state index >= 15 is 0 Å². The van der Waals surface area contributed by atoms with Crippen molar-refractivity contribution >= 4 is 0 Å². The Morgan fingerprint density at radius 3 is 2.80 bits per heavy atom. The Kier molecular flexibility index (Phi) is 2.56. The van der Waals surface area contributed by atoms with Crippen LogP contribution in [0.4, 0.5) is 4.39 Å². The molecular weight excluding hydrogens is 193 g/mol. The molecule has 2 rings (SSSR count). The first-order valence-corrected chi connectivity index (χ1v) is 4.73. The number of aryl methyl sites for hydroxylation is 1. The highest BCUT2D eigenvalue weighted by Crippen LogP contribution is 2.23. The number of hydrogen-bond donors (Lipinski definition) is 1. The molecular formula is C12H12FNO. The van der Waals surface area contributed by atoms with Crippen molar-refractivity contribution < 1.29 is 8.81 Å². The van der Waals surface area contributed by atoms with Gasteiger partial charge in [0.15, 0.2) is 0 Å². The molecule has 1 aromatic carbocycles. The van der Waals surface area contributed by atoms with E-state index in [1.165, 1.54) is 12.1 Å². The second-order valence-corrected chi connectivity index (χ2v) is 3.49. The molecule has 1 aromatic heterocycles. The predicted octanol–water partition coefficient (Wildman–Crippen LogP) is 2.78. The lowest BCUT2D eigenvalue weighted by Gasteiger charge is -2.12. The molecule has 0 saturated heterocycles. The maximum atomic E-state index is 13.1. The van der Waals surface area contributed by atoms with E-state index in [2.05, 4.69) is 0 Å². The monoisotopic (exact) mass is 205 g/mol. The van der Waals surface area contributed by atoms with Gasteiger partial charge < -0.3 is 10.2 Å². The minimum atomic E-state index is -0.407. The second kappa shape index (κ2) is 3.87. The highest BCUT2D eigenvalue weighted by atomic mass is 19.1. The van der Waals surface area contributed by atoms with Gasteiger partial charge in [0.05, 0.1) is 12.3 Å². The third kappa shape index (κ3) is 1.92. The normalized spacial score (nSPS) is 12.7. The van der Waals surface area contributed by atoms with Crippen molar-refractivity contribution in [1.29, 1.82) is 0 Å². The van der Waals surface area contributed by atoms with Gasteiger partial charge in [-0.3, -0.25) is 0 Å². The first kappa shape index (κ1) is 9.93. The maximum Gasteiger partial charge on any atom is 0.125 e. The van der Waals surface area contributed by atoms with E-state index in [9.17, 15) is 4.39 Å². The molecule has 0 bridgehead atoms. The first-order chi connectivity index (χ1) is 7.18. The lowest BCUT2D eigenvalue weighted by molar-refractivity contribution is 0.488. The molecule has 0 radical (unpaired) electrons. The summed E-state index contributed by atoms with van der Waals surface area (Å²) in [5.74, 6) is 0.362. The van der Waals surface area contributed by atoms with Gasteiger partial charge in [-0.15, -0.1) is 0 Å². The van der Waals surface area contributed by atoms with E-state index in [1.54, 1.807) is 24.5 Å². The molecule has 0 spiro atoms. The molecule has 15 heavy (non-hydrogen) atoms. The topological polar surface area (TPSA) is 39.2 Å². The van der Waals surface area contributed by atoms with Gasteiger partial charge in [0.2, 0.25) is 0 Å². The van der Waals surface area contributed by atoms with Gasteiger partial charge in [-0.25, -0.2) is 4.39 Å². The predicted molar refractivity (Wildman–Crippen MR) is 55.9 cm³/mol. The maximum absolute atomic E-state index is 13.1. The quantitative estimate of drug-likeness (QED) is 0.818. The molecule has 3 heteroatoms. The average Bonchev–Trinajstić information content (AvgIpc) is 2.74. The summed E-state index contributed by atoms with van der Waals surface area (Å²) in [5.41, 5.74) is 7.68. The van der Waals surface area contributed by atoms with Gasteiger partial charge >= 0.3 is 0 Å². The van der Waals surface area contributed by atoms with Crippen molar-refractivity contribution in [2.75, 3.05) is 0 Å². The summed E-state index contributed by atoms with van der Waals surface area (Å²) in [6.45, 7) is 1.90. The Morgan fingerprint density at radius 1 is 1.33 bits per heavy atom. The smallest absolute Gasteiger partial charge is 0.125 e. The minimum absolute atomic E-state index is 0.280. The molecule has 0 aliphatic carbocycles. The van der Waals surface area contributed by atoms with Crippen molar-refractivity contribution in [3.63, 3.8) is 0 Å². The number of rotatable bonds is 2. The lowest BCUT2D eigenvalue weighted by Crippen LogP contribution is -2.12. The molecule has 1 unspecified atom stereocenters. The molecule has 0 aliphatic heterocycles. The van der Waals surface area contributed by atoms with Gasteiger partial charge in [-0.1, -0.05) is 6.07 Å². The number of hydrogen-bond acceptors (Lipinski definition) is 2. The van der Waals surface area contributed by atoms with Gasteiger partial charge in [-0.05, 0) is 42.3 Å². The van der Waals surface area contributed by atoms with Crippen LogP contribution in [0.25, 0.3) is 0 Å². The van der Waals surface area contributed by atoms with Crippen LogP contribution < -0.4 is 5.73 Å². The third-order valence-corrected chi connectivity index (χ3v) is 2.43. The first-order valence-electron chi connectivity index (χ1n) is 4.73. The summed E-state index contributed by atoms with van der Waals surface area (Å²) >= 11 is 0. The van der Waals surface area contributed by atoms with E-state index in [0.29, 0.717) is 5.76 Å². The third-order valence-electron chi connectivity index (χ3n) is 2.43. The van der Waals surface area contributed by atoms with Gasteiger partial charge in [0.25, 0.3) is 0 Å². The van der Waals surface area contributed by atoms with Crippen molar-refractivity contribution in [2.24, 2.45) is 5.73 Å². The largest absolute Gasteiger partial charge is 0.467 e. The Morgan fingerprint density at radius 2 is 2.13 bits per heavy atom. The minimum Gasteiger partial charge on any atom is -0.467 e. The van der Waals surface area contributed by atoms with E-state index < -0.39 is 6.04 Å². The van der Waals surface area contributed by atoms with E-state index in [1.807, 2.05) is 6.92 Å². The van der Waals surface area contributed by atoms with Gasteiger partial charge in [0, 0.05) is 0 Å². The Labute approximate surface area is 87.5 Å². The molecule has 0 saturated carbocycles. The Hall–Kier alpha value is -1.61. The molecule has 0 amide bonds. The standard InChI is InChI=1S/C12H12FNO/c1-8-4-5-9(13)7-10(8)12(14)11-3-2-6-15-11/h2-7,12H,14H2,1H3. The fourth-order valence-corrected chi connectivity index (χ4v) is 1.57. The van der Waals surface area contributed by atoms with Crippen LogP contribution in [0.3, 0.4) is 0 Å². The van der Waals surface area contributed by atoms with Crippen LogP contribution >= 0.6 is 0 Å². The number of furan rings is 1. The van der Waals surface area contributed by atoms with Crippen LogP contribution in [0.1, 0.15) is 22.9 Å². The van der Waals surface area contributed by atoms with Crippen LogP contribution in [0.15, 0.2) is 41.0 Å². The fourth-order valence-electron chi connectivity index (χ4n) is 1.57. The average molecular weight is 205 g/mol. The van der Waals surface area contributed by atoms with Crippen LogP contribution in [-0.4, -0.2) is 0 Å². The summed E-state index contributed by atoms with van der Waals surface area (Å²) in [6, 6.07) is 7.73. The number of halogens is 1. The zero-order chi connectivity index (χ0) is 10.8. The summed E-state index contributed by atoms with van der Waals surface area (Å²) in [4.78, 5) is 0. The van der Waals surface area contributed by atoms with Crippen LogP contribution in [0.2, 0.25) is 0 Å². The van der Waals surface area contributed by atoms with Crippen molar-refractivity contribution in [3.8, 4) is 0 Å². The molecule has 1 heterocycles. The number of benzene rings is 1.